The number of aryl methyl sites for hydroxylation is 1. The number of thiazole rings is 1. The molecule has 0 spiro atoms. The molecule has 0 bridgehead atoms. The van der Waals surface area contributed by atoms with Crippen LogP contribution < -0.4 is 0 Å². The Morgan fingerprint density at radius 2 is 2.07 bits per heavy atom. The standard InChI is InChI=1S/C12H13NOS/c1-2-9-3-5-10(6-4-9)11(14)12-13-7-8-15-12/h3-8,11,14H,2H2,1H3. The van der Waals surface area contributed by atoms with Crippen molar-refractivity contribution in [2.75, 3.05) is 0 Å². The highest BCUT2D eigenvalue weighted by molar-refractivity contribution is 7.09. The van der Waals surface area contributed by atoms with Gasteiger partial charge in [0.15, 0.2) is 0 Å². The van der Waals surface area contributed by atoms with Crippen molar-refractivity contribution < 1.29 is 5.11 Å². The average Bonchev–Trinajstić information content (AvgIpc) is 2.82. The lowest BCUT2D eigenvalue weighted by molar-refractivity contribution is 0.220. The SMILES string of the molecule is CCc1ccc(C(O)c2nccs2)cc1. The van der Waals surface area contributed by atoms with Crippen molar-refractivity contribution in [3.8, 4) is 0 Å². The Kier molecular flexibility index (Phi) is 3.14. The van der Waals surface area contributed by atoms with Crippen LogP contribution in [0.25, 0.3) is 0 Å². The van der Waals surface area contributed by atoms with Crippen LogP contribution in [0.15, 0.2) is 35.8 Å². The number of aliphatic hydroxyl groups excluding tert-OH is 1. The molecule has 2 rings (SSSR count). The average molecular weight is 219 g/mol. The van der Waals surface area contributed by atoms with Crippen molar-refractivity contribution in [3.63, 3.8) is 0 Å². The summed E-state index contributed by atoms with van der Waals surface area (Å²) >= 11 is 1.47. The van der Waals surface area contributed by atoms with Crippen molar-refractivity contribution >= 4 is 11.3 Å². The van der Waals surface area contributed by atoms with Crippen LogP contribution in [0.3, 0.4) is 0 Å². The van der Waals surface area contributed by atoms with E-state index in [1.807, 2.05) is 29.6 Å². The Morgan fingerprint density at radius 3 is 2.60 bits per heavy atom. The molecular formula is C12H13NOS. The predicted molar refractivity (Wildman–Crippen MR) is 62.0 cm³/mol. The second-order valence-corrected chi connectivity index (χ2v) is 4.29. The zero-order chi connectivity index (χ0) is 10.7. The van der Waals surface area contributed by atoms with Gasteiger partial charge in [-0.15, -0.1) is 11.3 Å². The largest absolute Gasteiger partial charge is 0.381 e. The minimum Gasteiger partial charge on any atom is -0.381 e. The van der Waals surface area contributed by atoms with Gasteiger partial charge in [-0.2, -0.15) is 0 Å². The van der Waals surface area contributed by atoms with Crippen molar-refractivity contribution in [2.24, 2.45) is 0 Å². The molecule has 0 radical (unpaired) electrons. The topological polar surface area (TPSA) is 33.1 Å². The van der Waals surface area contributed by atoms with Gasteiger partial charge in [-0.1, -0.05) is 31.2 Å². The fourth-order valence-electron chi connectivity index (χ4n) is 1.45. The van der Waals surface area contributed by atoms with E-state index in [4.69, 9.17) is 0 Å². The van der Waals surface area contributed by atoms with Crippen LogP contribution in [0, 0.1) is 0 Å². The maximum Gasteiger partial charge on any atom is 0.131 e. The summed E-state index contributed by atoms with van der Waals surface area (Å²) in [4.78, 5) is 4.10. The van der Waals surface area contributed by atoms with Crippen LogP contribution in [-0.4, -0.2) is 10.1 Å². The molecule has 1 heterocycles. The third-order valence-corrected chi connectivity index (χ3v) is 3.22. The molecule has 1 N–H and O–H groups in total. The van der Waals surface area contributed by atoms with Crippen LogP contribution in [0.1, 0.15) is 29.2 Å². The molecule has 0 saturated heterocycles. The predicted octanol–water partition coefficient (Wildman–Crippen LogP) is 2.79. The van der Waals surface area contributed by atoms with E-state index in [1.54, 1.807) is 6.20 Å². The van der Waals surface area contributed by atoms with Crippen LogP contribution in [0.5, 0.6) is 0 Å². The lowest BCUT2D eigenvalue weighted by Crippen LogP contribution is -1.98. The Labute approximate surface area is 93.2 Å². The van der Waals surface area contributed by atoms with Crippen LogP contribution in [-0.2, 0) is 6.42 Å². The third kappa shape index (κ3) is 2.25. The summed E-state index contributed by atoms with van der Waals surface area (Å²) in [6, 6.07) is 8.02. The Morgan fingerprint density at radius 1 is 1.33 bits per heavy atom. The van der Waals surface area contributed by atoms with Gasteiger partial charge in [0.1, 0.15) is 11.1 Å². The summed E-state index contributed by atoms with van der Waals surface area (Å²) < 4.78 is 0. The van der Waals surface area contributed by atoms with Gasteiger partial charge in [0.05, 0.1) is 0 Å². The smallest absolute Gasteiger partial charge is 0.131 e. The molecule has 1 aromatic carbocycles. The molecule has 15 heavy (non-hydrogen) atoms. The molecule has 0 fully saturated rings. The fraction of sp³-hybridized carbons (Fsp3) is 0.250. The van der Waals surface area contributed by atoms with Crippen molar-refractivity contribution in [1.29, 1.82) is 0 Å². The molecule has 0 aliphatic carbocycles. The van der Waals surface area contributed by atoms with Crippen molar-refractivity contribution in [2.45, 2.75) is 19.4 Å². The van der Waals surface area contributed by atoms with Gasteiger partial charge in [-0.05, 0) is 17.5 Å². The van der Waals surface area contributed by atoms with Crippen LogP contribution in [0.4, 0.5) is 0 Å². The summed E-state index contributed by atoms with van der Waals surface area (Å²) in [5, 5.41) is 12.6. The van der Waals surface area contributed by atoms with Gasteiger partial charge < -0.3 is 5.11 Å². The summed E-state index contributed by atoms with van der Waals surface area (Å²) in [5.74, 6) is 0. The highest BCUT2D eigenvalue weighted by Gasteiger charge is 2.12. The number of nitrogens with zero attached hydrogens (tertiary/aromatic N) is 1. The first-order valence-corrected chi connectivity index (χ1v) is 5.85. The van der Waals surface area contributed by atoms with Crippen LogP contribution in [0.2, 0.25) is 0 Å². The van der Waals surface area contributed by atoms with E-state index in [0.29, 0.717) is 0 Å². The van der Waals surface area contributed by atoms with Gasteiger partial charge in [0.2, 0.25) is 0 Å². The molecule has 3 heteroatoms. The molecular weight excluding hydrogens is 206 g/mol. The fourth-order valence-corrected chi connectivity index (χ4v) is 2.10. The molecule has 1 unspecified atom stereocenters. The molecule has 0 aliphatic heterocycles. The first-order valence-electron chi connectivity index (χ1n) is 4.97. The maximum atomic E-state index is 9.99. The molecule has 0 saturated carbocycles. The van der Waals surface area contributed by atoms with Crippen molar-refractivity contribution in [3.05, 3.63) is 52.0 Å². The van der Waals surface area contributed by atoms with E-state index in [9.17, 15) is 5.11 Å². The van der Waals surface area contributed by atoms with E-state index >= 15 is 0 Å². The minimum absolute atomic E-state index is 0.587. The number of benzene rings is 1. The van der Waals surface area contributed by atoms with E-state index < -0.39 is 6.10 Å². The van der Waals surface area contributed by atoms with Gasteiger partial charge in [0, 0.05) is 11.6 Å². The van der Waals surface area contributed by atoms with Crippen LogP contribution >= 0.6 is 11.3 Å². The molecule has 1 atom stereocenters. The molecule has 0 amide bonds. The van der Waals surface area contributed by atoms with E-state index in [1.165, 1.54) is 16.9 Å². The van der Waals surface area contributed by atoms with Gasteiger partial charge >= 0.3 is 0 Å². The first-order chi connectivity index (χ1) is 7.31. The van der Waals surface area contributed by atoms with Crippen molar-refractivity contribution in [1.82, 2.24) is 4.98 Å². The minimum atomic E-state index is -0.587. The summed E-state index contributed by atoms with van der Waals surface area (Å²) in [6.45, 7) is 2.12. The summed E-state index contributed by atoms with van der Waals surface area (Å²) in [7, 11) is 0. The molecule has 2 aromatic rings. The Hall–Kier alpha value is -1.19. The highest BCUT2D eigenvalue weighted by Crippen LogP contribution is 2.23. The molecule has 0 aliphatic rings. The Bertz CT molecular complexity index is 408. The van der Waals surface area contributed by atoms with Gasteiger partial charge in [0.25, 0.3) is 0 Å². The maximum absolute atomic E-state index is 9.99. The Balaban J connectivity index is 2.22. The first kappa shape index (κ1) is 10.3. The number of rotatable bonds is 3. The van der Waals surface area contributed by atoms with Gasteiger partial charge in [-0.3, -0.25) is 0 Å². The number of aromatic nitrogens is 1. The quantitative estimate of drug-likeness (QED) is 0.861. The lowest BCUT2D eigenvalue weighted by Gasteiger charge is -2.08. The summed E-state index contributed by atoms with van der Waals surface area (Å²) in [5.41, 5.74) is 2.19. The lowest BCUT2D eigenvalue weighted by atomic mass is 10.1. The van der Waals surface area contributed by atoms with E-state index in [2.05, 4.69) is 11.9 Å². The van der Waals surface area contributed by atoms with E-state index in [0.717, 1.165) is 17.0 Å². The molecule has 1 aromatic heterocycles. The molecule has 2 nitrogen and oxygen atoms in total. The second-order valence-electron chi connectivity index (χ2n) is 3.37. The number of hydrogen-bond acceptors (Lipinski definition) is 3. The zero-order valence-corrected chi connectivity index (χ0v) is 9.37. The number of hydrogen-bond donors (Lipinski definition) is 1. The third-order valence-electron chi connectivity index (χ3n) is 2.39. The summed E-state index contributed by atoms with van der Waals surface area (Å²) in [6.07, 6.45) is 2.15. The van der Waals surface area contributed by atoms with E-state index in [-0.39, 0.29) is 0 Å². The normalized spacial score (nSPS) is 12.7. The monoisotopic (exact) mass is 219 g/mol. The molecule has 78 valence electrons. The van der Waals surface area contributed by atoms with Gasteiger partial charge in [-0.25, -0.2) is 4.98 Å². The highest BCUT2D eigenvalue weighted by atomic mass is 32.1. The number of aliphatic hydroxyl groups is 1. The second kappa shape index (κ2) is 4.55. The zero-order valence-electron chi connectivity index (χ0n) is 8.55.